The molecule has 2 saturated heterocycles. The number of aromatic nitrogens is 2. The van der Waals surface area contributed by atoms with Crippen LogP contribution in [0.3, 0.4) is 0 Å². The first-order valence-corrected chi connectivity index (χ1v) is 8.21. The van der Waals surface area contributed by atoms with E-state index in [1.54, 1.807) is 0 Å². The Balaban J connectivity index is 1.60. The zero-order valence-electron chi connectivity index (χ0n) is 13.6. The molecular formula is C16H26N4O2. The van der Waals surface area contributed by atoms with Crippen LogP contribution in [0, 0.1) is 6.92 Å². The Labute approximate surface area is 132 Å². The van der Waals surface area contributed by atoms with Gasteiger partial charge < -0.3 is 14.2 Å². The summed E-state index contributed by atoms with van der Waals surface area (Å²) in [6.45, 7) is 7.42. The molecule has 6 heteroatoms. The molecular weight excluding hydrogens is 280 g/mol. The molecule has 2 fully saturated rings. The van der Waals surface area contributed by atoms with Gasteiger partial charge >= 0.3 is 0 Å². The van der Waals surface area contributed by atoms with Crippen molar-refractivity contribution >= 4 is 5.91 Å². The first-order chi connectivity index (χ1) is 10.6. The van der Waals surface area contributed by atoms with Crippen LogP contribution in [0.15, 0.2) is 6.20 Å². The third-order valence-electron chi connectivity index (χ3n) is 4.63. The van der Waals surface area contributed by atoms with Crippen LogP contribution >= 0.6 is 0 Å². The molecule has 122 valence electrons. The fourth-order valence-electron chi connectivity index (χ4n) is 3.48. The maximum absolute atomic E-state index is 12.5. The third kappa shape index (κ3) is 3.50. The van der Waals surface area contributed by atoms with Gasteiger partial charge in [-0.1, -0.05) is 0 Å². The molecule has 0 aliphatic carbocycles. The maximum Gasteiger partial charge on any atom is 0.236 e. The van der Waals surface area contributed by atoms with Gasteiger partial charge in [-0.25, -0.2) is 4.98 Å². The number of ether oxygens (including phenoxy) is 1. The van der Waals surface area contributed by atoms with E-state index in [-0.39, 0.29) is 5.91 Å². The van der Waals surface area contributed by atoms with E-state index in [1.165, 1.54) is 0 Å². The monoisotopic (exact) mass is 306 g/mol. The highest BCUT2D eigenvalue weighted by Gasteiger charge is 2.28. The van der Waals surface area contributed by atoms with E-state index in [2.05, 4.69) is 20.6 Å². The normalized spacial score (nSPS) is 23.7. The number of likely N-dealkylation sites (tertiary alicyclic amines) is 1. The second-order valence-corrected chi connectivity index (χ2v) is 6.42. The van der Waals surface area contributed by atoms with E-state index in [0.717, 1.165) is 63.8 Å². The molecule has 0 radical (unpaired) electrons. The summed E-state index contributed by atoms with van der Waals surface area (Å²) < 4.78 is 7.45. The summed E-state index contributed by atoms with van der Waals surface area (Å²) in [5.41, 5.74) is 1.05. The van der Waals surface area contributed by atoms with Crippen molar-refractivity contribution in [2.75, 3.05) is 45.9 Å². The first kappa shape index (κ1) is 15.5. The van der Waals surface area contributed by atoms with Crippen LogP contribution in [0.25, 0.3) is 0 Å². The zero-order valence-corrected chi connectivity index (χ0v) is 13.6. The number of imidazole rings is 1. The van der Waals surface area contributed by atoms with E-state index in [1.807, 2.05) is 18.9 Å². The molecule has 0 saturated carbocycles. The fraction of sp³-hybridized carbons (Fsp3) is 0.750. The largest absolute Gasteiger partial charge is 0.379 e. The fourth-order valence-corrected chi connectivity index (χ4v) is 3.48. The number of piperidine rings is 1. The van der Waals surface area contributed by atoms with Gasteiger partial charge in [-0.3, -0.25) is 9.69 Å². The molecule has 2 aliphatic heterocycles. The van der Waals surface area contributed by atoms with E-state index in [9.17, 15) is 4.79 Å². The van der Waals surface area contributed by atoms with Gasteiger partial charge in [-0.05, 0) is 19.8 Å². The summed E-state index contributed by atoms with van der Waals surface area (Å²) in [6.07, 6.45) is 4.24. The van der Waals surface area contributed by atoms with Crippen molar-refractivity contribution < 1.29 is 9.53 Å². The highest BCUT2D eigenvalue weighted by molar-refractivity contribution is 5.78. The van der Waals surface area contributed by atoms with Crippen molar-refractivity contribution in [3.8, 4) is 0 Å². The molecule has 2 aliphatic rings. The second kappa shape index (κ2) is 6.79. The van der Waals surface area contributed by atoms with Gasteiger partial charge in [0.05, 0.1) is 25.5 Å². The molecule has 0 spiro atoms. The van der Waals surface area contributed by atoms with Crippen LogP contribution in [-0.2, 0) is 16.6 Å². The van der Waals surface area contributed by atoms with E-state index in [4.69, 9.17) is 4.74 Å². The zero-order chi connectivity index (χ0) is 15.5. The second-order valence-electron chi connectivity index (χ2n) is 6.42. The number of hydrogen-bond donors (Lipinski definition) is 0. The van der Waals surface area contributed by atoms with E-state index < -0.39 is 0 Å². The summed E-state index contributed by atoms with van der Waals surface area (Å²) in [5, 5.41) is 0. The van der Waals surface area contributed by atoms with Gasteiger partial charge in [0.2, 0.25) is 5.91 Å². The molecule has 22 heavy (non-hydrogen) atoms. The van der Waals surface area contributed by atoms with Crippen LogP contribution in [-0.4, -0.2) is 71.2 Å². The molecule has 0 N–H and O–H groups in total. The van der Waals surface area contributed by atoms with Crippen molar-refractivity contribution in [3.63, 3.8) is 0 Å². The van der Waals surface area contributed by atoms with Crippen molar-refractivity contribution in [2.24, 2.45) is 7.05 Å². The molecule has 3 heterocycles. The van der Waals surface area contributed by atoms with Crippen LogP contribution in [0.2, 0.25) is 0 Å². The van der Waals surface area contributed by atoms with Crippen LogP contribution < -0.4 is 0 Å². The highest BCUT2D eigenvalue weighted by atomic mass is 16.5. The lowest BCUT2D eigenvalue weighted by atomic mass is 9.97. The molecule has 1 atom stereocenters. The minimum Gasteiger partial charge on any atom is -0.379 e. The van der Waals surface area contributed by atoms with Crippen LogP contribution in [0.1, 0.15) is 30.3 Å². The summed E-state index contributed by atoms with van der Waals surface area (Å²) in [6, 6.07) is 0. The third-order valence-corrected chi connectivity index (χ3v) is 4.63. The summed E-state index contributed by atoms with van der Waals surface area (Å²) in [7, 11) is 2.05. The van der Waals surface area contributed by atoms with Gasteiger partial charge in [0.25, 0.3) is 0 Å². The quantitative estimate of drug-likeness (QED) is 0.827. The SMILES string of the molecule is Cc1cn(C)c([C@@H]2CCCN(C(=O)CN3CCOCC3)C2)n1. The van der Waals surface area contributed by atoms with Gasteiger partial charge in [0, 0.05) is 45.3 Å². The molecule has 0 bridgehead atoms. The Morgan fingerprint density at radius 2 is 2.14 bits per heavy atom. The first-order valence-electron chi connectivity index (χ1n) is 8.21. The minimum absolute atomic E-state index is 0.248. The molecule has 6 nitrogen and oxygen atoms in total. The van der Waals surface area contributed by atoms with Gasteiger partial charge in [-0.2, -0.15) is 0 Å². The van der Waals surface area contributed by atoms with Crippen molar-refractivity contribution in [2.45, 2.75) is 25.7 Å². The Morgan fingerprint density at radius 3 is 2.82 bits per heavy atom. The molecule has 0 unspecified atom stereocenters. The average Bonchev–Trinajstić information content (AvgIpc) is 2.87. The van der Waals surface area contributed by atoms with Crippen LogP contribution in [0.5, 0.6) is 0 Å². The number of amides is 1. The Morgan fingerprint density at radius 1 is 1.36 bits per heavy atom. The Hall–Kier alpha value is -1.40. The molecule has 1 aromatic rings. The molecule has 1 amide bonds. The van der Waals surface area contributed by atoms with E-state index in [0.29, 0.717) is 12.5 Å². The predicted molar refractivity (Wildman–Crippen MR) is 83.8 cm³/mol. The van der Waals surface area contributed by atoms with E-state index >= 15 is 0 Å². The number of aryl methyl sites for hydroxylation is 2. The number of morpholine rings is 1. The Kier molecular flexibility index (Phi) is 4.78. The van der Waals surface area contributed by atoms with Gasteiger partial charge in [0.15, 0.2) is 0 Å². The molecule has 1 aromatic heterocycles. The standard InChI is InChI=1S/C16H26N4O2/c1-13-10-18(2)16(17-13)14-4-3-5-20(11-14)15(21)12-19-6-8-22-9-7-19/h10,14H,3-9,11-12H2,1-2H3/t14-/m1/s1. The van der Waals surface area contributed by atoms with Gasteiger partial charge in [-0.15, -0.1) is 0 Å². The maximum atomic E-state index is 12.5. The van der Waals surface area contributed by atoms with Crippen LogP contribution in [0.4, 0.5) is 0 Å². The number of hydrogen-bond acceptors (Lipinski definition) is 4. The smallest absolute Gasteiger partial charge is 0.236 e. The number of carbonyl (C=O) groups is 1. The topological polar surface area (TPSA) is 50.6 Å². The number of rotatable bonds is 3. The lowest BCUT2D eigenvalue weighted by molar-refractivity contribution is -0.134. The summed E-state index contributed by atoms with van der Waals surface area (Å²) in [4.78, 5) is 21.4. The molecule has 3 rings (SSSR count). The van der Waals surface area contributed by atoms with Gasteiger partial charge in [0.1, 0.15) is 5.82 Å². The Bertz CT molecular complexity index is 522. The van der Waals surface area contributed by atoms with Crippen molar-refractivity contribution in [3.05, 3.63) is 17.7 Å². The number of carbonyl (C=O) groups excluding carboxylic acids is 1. The number of nitrogens with zero attached hydrogens (tertiary/aromatic N) is 4. The van der Waals surface area contributed by atoms with Crippen molar-refractivity contribution in [1.29, 1.82) is 0 Å². The lowest BCUT2D eigenvalue weighted by Gasteiger charge is -2.34. The van der Waals surface area contributed by atoms with Crippen molar-refractivity contribution in [1.82, 2.24) is 19.4 Å². The minimum atomic E-state index is 0.248. The predicted octanol–water partition coefficient (Wildman–Crippen LogP) is 0.767. The highest BCUT2D eigenvalue weighted by Crippen LogP contribution is 2.26. The summed E-state index contributed by atoms with van der Waals surface area (Å²) in [5.74, 6) is 1.72. The average molecular weight is 306 g/mol. The lowest BCUT2D eigenvalue weighted by Crippen LogP contribution is -2.47. The molecule has 0 aromatic carbocycles. The summed E-state index contributed by atoms with van der Waals surface area (Å²) >= 11 is 0.